The minimum atomic E-state index is 0.450. The van der Waals surface area contributed by atoms with Crippen molar-refractivity contribution in [3.63, 3.8) is 0 Å². The Balaban J connectivity index is 2.10. The van der Waals surface area contributed by atoms with Gasteiger partial charge in [0, 0.05) is 11.3 Å². The number of fused-ring (bicyclic) bond motifs is 1. The van der Waals surface area contributed by atoms with Gasteiger partial charge in [0.25, 0.3) is 0 Å². The standard InChI is InChI=1S/C17H27NOS/c1-12(2)9-10-20-16-8-6-13-5-7-14(19-4)11-15(13)17(16)18-3/h5,7,11-12,16-18H,6,8-10H2,1-4H3. The summed E-state index contributed by atoms with van der Waals surface area (Å²) in [4.78, 5) is 0. The van der Waals surface area contributed by atoms with Gasteiger partial charge >= 0.3 is 0 Å². The molecule has 0 spiro atoms. The van der Waals surface area contributed by atoms with E-state index in [1.54, 1.807) is 7.11 Å². The van der Waals surface area contributed by atoms with Gasteiger partial charge in [-0.2, -0.15) is 11.8 Å². The molecule has 1 aliphatic carbocycles. The maximum absolute atomic E-state index is 5.39. The van der Waals surface area contributed by atoms with Crippen molar-refractivity contribution in [3.8, 4) is 5.75 Å². The van der Waals surface area contributed by atoms with Crippen LogP contribution in [0.25, 0.3) is 0 Å². The zero-order valence-electron chi connectivity index (χ0n) is 13.1. The lowest BCUT2D eigenvalue weighted by Gasteiger charge is -2.33. The third kappa shape index (κ3) is 3.70. The van der Waals surface area contributed by atoms with Gasteiger partial charge in [0.15, 0.2) is 0 Å². The van der Waals surface area contributed by atoms with Gasteiger partial charge in [-0.25, -0.2) is 0 Å². The number of nitrogens with one attached hydrogen (secondary N) is 1. The molecule has 112 valence electrons. The van der Waals surface area contributed by atoms with Crippen molar-refractivity contribution in [2.24, 2.45) is 5.92 Å². The first-order valence-corrected chi connectivity index (χ1v) is 8.66. The fraction of sp³-hybridized carbons (Fsp3) is 0.647. The molecule has 0 aliphatic heterocycles. The second-order valence-electron chi connectivity index (χ2n) is 5.96. The van der Waals surface area contributed by atoms with Crippen LogP contribution in [0, 0.1) is 5.92 Å². The molecule has 0 aromatic heterocycles. The van der Waals surface area contributed by atoms with Gasteiger partial charge in [0.2, 0.25) is 0 Å². The summed E-state index contributed by atoms with van der Waals surface area (Å²) in [7, 11) is 3.82. The lowest BCUT2D eigenvalue weighted by Crippen LogP contribution is -2.32. The van der Waals surface area contributed by atoms with Crippen LogP contribution in [0.4, 0.5) is 0 Å². The number of benzene rings is 1. The SMILES string of the molecule is CNC1c2cc(OC)ccc2CCC1SCCC(C)C. The fourth-order valence-corrected chi connectivity index (χ4v) is 4.53. The van der Waals surface area contributed by atoms with Gasteiger partial charge in [-0.1, -0.05) is 19.9 Å². The van der Waals surface area contributed by atoms with Crippen molar-refractivity contribution in [1.29, 1.82) is 0 Å². The Labute approximate surface area is 127 Å². The summed E-state index contributed by atoms with van der Waals surface area (Å²) in [6.45, 7) is 4.61. The minimum absolute atomic E-state index is 0.450. The van der Waals surface area contributed by atoms with Gasteiger partial charge in [-0.15, -0.1) is 0 Å². The number of hydrogen-bond acceptors (Lipinski definition) is 3. The van der Waals surface area contributed by atoms with E-state index in [2.05, 4.69) is 56.2 Å². The third-order valence-electron chi connectivity index (χ3n) is 4.10. The zero-order valence-corrected chi connectivity index (χ0v) is 13.9. The van der Waals surface area contributed by atoms with Crippen LogP contribution in [0.15, 0.2) is 18.2 Å². The third-order valence-corrected chi connectivity index (χ3v) is 5.50. The highest BCUT2D eigenvalue weighted by molar-refractivity contribution is 7.99. The quantitative estimate of drug-likeness (QED) is 0.855. The first-order chi connectivity index (χ1) is 9.65. The molecule has 1 aliphatic rings. The van der Waals surface area contributed by atoms with Crippen LogP contribution in [0.1, 0.15) is 43.9 Å². The monoisotopic (exact) mass is 293 g/mol. The molecule has 1 N–H and O–H groups in total. The molecule has 0 saturated carbocycles. The summed E-state index contributed by atoms with van der Waals surface area (Å²) >= 11 is 2.13. The summed E-state index contributed by atoms with van der Waals surface area (Å²) in [6, 6.07) is 6.97. The van der Waals surface area contributed by atoms with E-state index in [1.807, 2.05) is 0 Å². The Morgan fingerprint density at radius 2 is 2.20 bits per heavy atom. The first-order valence-electron chi connectivity index (χ1n) is 7.61. The molecule has 0 heterocycles. The average Bonchev–Trinajstić information content (AvgIpc) is 2.45. The first kappa shape index (κ1) is 15.7. The summed E-state index contributed by atoms with van der Waals surface area (Å²) in [5, 5.41) is 4.20. The second-order valence-corrected chi connectivity index (χ2v) is 7.31. The molecule has 0 amide bonds. The van der Waals surface area contributed by atoms with Crippen molar-refractivity contribution in [3.05, 3.63) is 29.3 Å². The van der Waals surface area contributed by atoms with Gasteiger partial charge < -0.3 is 10.1 Å². The highest BCUT2D eigenvalue weighted by atomic mass is 32.2. The number of thioether (sulfide) groups is 1. The summed E-state index contributed by atoms with van der Waals surface area (Å²) < 4.78 is 5.39. The van der Waals surface area contributed by atoms with Gasteiger partial charge in [0.1, 0.15) is 5.75 Å². The Morgan fingerprint density at radius 1 is 1.40 bits per heavy atom. The van der Waals surface area contributed by atoms with E-state index in [-0.39, 0.29) is 0 Å². The lowest BCUT2D eigenvalue weighted by atomic mass is 9.87. The smallest absolute Gasteiger partial charge is 0.119 e. The molecule has 0 bridgehead atoms. The topological polar surface area (TPSA) is 21.3 Å². The number of methoxy groups -OCH3 is 1. The Morgan fingerprint density at radius 3 is 2.85 bits per heavy atom. The van der Waals surface area contributed by atoms with Crippen LogP contribution in [0.3, 0.4) is 0 Å². The molecule has 3 heteroatoms. The Hall–Kier alpha value is -0.670. The van der Waals surface area contributed by atoms with Crippen molar-refractivity contribution in [1.82, 2.24) is 5.32 Å². The number of ether oxygens (including phenoxy) is 1. The Kier molecular flexibility index (Phi) is 5.79. The number of hydrogen-bond donors (Lipinski definition) is 1. The molecule has 1 aromatic carbocycles. The lowest BCUT2D eigenvalue weighted by molar-refractivity contribution is 0.411. The maximum Gasteiger partial charge on any atom is 0.119 e. The fourth-order valence-electron chi connectivity index (χ4n) is 2.86. The molecule has 2 atom stereocenters. The van der Waals surface area contributed by atoms with Gasteiger partial charge in [-0.3, -0.25) is 0 Å². The van der Waals surface area contributed by atoms with Gasteiger partial charge in [0.05, 0.1) is 7.11 Å². The van der Waals surface area contributed by atoms with Crippen molar-refractivity contribution in [2.45, 2.75) is 44.4 Å². The molecule has 1 aromatic rings. The van der Waals surface area contributed by atoms with E-state index < -0.39 is 0 Å². The highest BCUT2D eigenvalue weighted by Crippen LogP contribution is 2.38. The van der Waals surface area contributed by atoms with Crippen LogP contribution in [0.5, 0.6) is 5.75 Å². The molecule has 2 rings (SSSR count). The normalized spacial score (nSPS) is 21.9. The van der Waals surface area contributed by atoms with Crippen LogP contribution in [-0.2, 0) is 6.42 Å². The van der Waals surface area contributed by atoms with E-state index in [0.717, 1.165) is 11.7 Å². The Bertz CT molecular complexity index is 433. The maximum atomic E-state index is 5.39. The molecule has 2 nitrogen and oxygen atoms in total. The summed E-state index contributed by atoms with van der Waals surface area (Å²) in [5.74, 6) is 3.03. The highest BCUT2D eigenvalue weighted by Gasteiger charge is 2.28. The van der Waals surface area contributed by atoms with E-state index in [4.69, 9.17) is 4.74 Å². The second kappa shape index (κ2) is 7.37. The van der Waals surface area contributed by atoms with Crippen molar-refractivity contribution < 1.29 is 4.74 Å². The molecule has 0 fully saturated rings. The van der Waals surface area contributed by atoms with Crippen molar-refractivity contribution in [2.75, 3.05) is 19.9 Å². The summed E-state index contributed by atoms with van der Waals surface area (Å²) in [6.07, 6.45) is 3.77. The van der Waals surface area contributed by atoms with E-state index >= 15 is 0 Å². The molecular weight excluding hydrogens is 266 g/mol. The predicted octanol–water partition coefficient (Wildman–Crippen LogP) is 4.05. The van der Waals surface area contributed by atoms with Gasteiger partial charge in [-0.05, 0) is 61.2 Å². The minimum Gasteiger partial charge on any atom is -0.497 e. The number of aryl methyl sites for hydroxylation is 1. The number of rotatable bonds is 6. The molecule has 0 radical (unpaired) electrons. The molecule has 0 saturated heterocycles. The molecular formula is C17H27NOS. The van der Waals surface area contributed by atoms with E-state index in [9.17, 15) is 0 Å². The molecule has 2 unspecified atom stereocenters. The zero-order chi connectivity index (χ0) is 14.5. The van der Waals surface area contributed by atoms with Crippen LogP contribution < -0.4 is 10.1 Å². The van der Waals surface area contributed by atoms with E-state index in [1.165, 1.54) is 36.1 Å². The van der Waals surface area contributed by atoms with E-state index in [0.29, 0.717) is 11.3 Å². The summed E-state index contributed by atoms with van der Waals surface area (Å²) in [5.41, 5.74) is 2.91. The predicted molar refractivity (Wildman–Crippen MR) is 88.8 cm³/mol. The van der Waals surface area contributed by atoms with Crippen LogP contribution in [-0.4, -0.2) is 25.2 Å². The average molecular weight is 293 g/mol. The largest absolute Gasteiger partial charge is 0.497 e. The van der Waals surface area contributed by atoms with Crippen LogP contribution >= 0.6 is 11.8 Å². The molecule has 20 heavy (non-hydrogen) atoms. The van der Waals surface area contributed by atoms with Crippen molar-refractivity contribution >= 4 is 11.8 Å². The van der Waals surface area contributed by atoms with Crippen LogP contribution in [0.2, 0.25) is 0 Å².